The number of thiophene rings is 1. The van der Waals surface area contributed by atoms with Crippen LogP contribution in [0.25, 0.3) is 10.1 Å². The van der Waals surface area contributed by atoms with E-state index in [1.165, 1.54) is 15.6 Å². The van der Waals surface area contributed by atoms with Crippen LogP contribution >= 0.6 is 24.0 Å². The van der Waals surface area contributed by atoms with Crippen molar-refractivity contribution in [1.82, 2.24) is 0 Å². The summed E-state index contributed by atoms with van der Waals surface area (Å²) < 4.78 is 1.22. The highest BCUT2D eigenvalue weighted by atomic mass is 32.1. The first-order valence-electron chi connectivity index (χ1n) is 4.04. The second kappa shape index (κ2) is 3.33. The van der Waals surface area contributed by atoms with Gasteiger partial charge in [-0.15, -0.1) is 24.0 Å². The normalized spacial score (nSPS) is 11.0. The van der Waals surface area contributed by atoms with Crippen molar-refractivity contribution >= 4 is 34.1 Å². The topological polar surface area (TPSA) is 20.2 Å². The maximum absolute atomic E-state index is 9.08. The molecule has 0 amide bonds. The van der Waals surface area contributed by atoms with E-state index in [0.29, 0.717) is 0 Å². The van der Waals surface area contributed by atoms with Gasteiger partial charge in [0.15, 0.2) is 0 Å². The van der Waals surface area contributed by atoms with Crippen LogP contribution in [0.1, 0.15) is 10.4 Å². The van der Waals surface area contributed by atoms with Crippen LogP contribution in [0, 0.1) is 6.92 Å². The summed E-state index contributed by atoms with van der Waals surface area (Å²) in [5.41, 5.74) is 1.18. The van der Waals surface area contributed by atoms with Crippen molar-refractivity contribution in [2.24, 2.45) is 0 Å². The quantitative estimate of drug-likeness (QED) is 0.693. The molecule has 0 bridgehead atoms. The molecule has 0 aliphatic rings. The first kappa shape index (κ1) is 9.06. The lowest BCUT2D eigenvalue weighted by atomic mass is 10.1. The number of hydrogen-bond acceptors (Lipinski definition) is 3. The summed E-state index contributed by atoms with van der Waals surface area (Å²) in [6, 6.07) is 6.07. The molecule has 1 aromatic heterocycles. The predicted molar refractivity (Wildman–Crippen MR) is 59.7 cm³/mol. The molecule has 0 unspecified atom stereocenters. The SMILES string of the molecule is Cc1c(CO)sc2ccc(S)cc12. The fraction of sp³-hybridized carbons (Fsp3) is 0.200. The summed E-state index contributed by atoms with van der Waals surface area (Å²) >= 11 is 5.94. The molecular formula is C10H10OS2. The Hall–Kier alpha value is -0.510. The zero-order valence-corrected chi connectivity index (χ0v) is 8.95. The largest absolute Gasteiger partial charge is 0.391 e. The van der Waals surface area contributed by atoms with Crippen molar-refractivity contribution in [1.29, 1.82) is 0 Å². The van der Waals surface area contributed by atoms with Crippen LogP contribution in [-0.2, 0) is 6.61 Å². The zero-order chi connectivity index (χ0) is 9.42. The highest BCUT2D eigenvalue weighted by molar-refractivity contribution is 7.80. The van der Waals surface area contributed by atoms with Crippen molar-refractivity contribution in [2.45, 2.75) is 18.4 Å². The Morgan fingerprint density at radius 3 is 2.92 bits per heavy atom. The maximum atomic E-state index is 9.08. The molecule has 13 heavy (non-hydrogen) atoms. The molecule has 0 saturated carbocycles. The van der Waals surface area contributed by atoms with E-state index in [9.17, 15) is 0 Å². The molecule has 2 aromatic rings. The van der Waals surface area contributed by atoms with Crippen LogP contribution in [0.15, 0.2) is 23.1 Å². The first-order valence-corrected chi connectivity index (χ1v) is 5.30. The van der Waals surface area contributed by atoms with E-state index < -0.39 is 0 Å². The minimum absolute atomic E-state index is 0.132. The summed E-state index contributed by atoms with van der Waals surface area (Å²) in [6.07, 6.45) is 0. The number of benzene rings is 1. The van der Waals surface area contributed by atoms with Crippen molar-refractivity contribution < 1.29 is 5.11 Å². The second-order valence-corrected chi connectivity index (χ2v) is 4.64. The fourth-order valence-electron chi connectivity index (χ4n) is 1.41. The van der Waals surface area contributed by atoms with Gasteiger partial charge in [-0.25, -0.2) is 0 Å². The summed E-state index contributed by atoms with van der Waals surface area (Å²) in [5.74, 6) is 0. The molecule has 2 rings (SSSR count). The Morgan fingerprint density at radius 2 is 2.23 bits per heavy atom. The van der Waals surface area contributed by atoms with Gasteiger partial charge in [0.1, 0.15) is 0 Å². The number of aryl methyl sites for hydroxylation is 1. The van der Waals surface area contributed by atoms with Gasteiger partial charge in [0, 0.05) is 14.5 Å². The van der Waals surface area contributed by atoms with E-state index >= 15 is 0 Å². The Kier molecular flexibility index (Phi) is 2.32. The van der Waals surface area contributed by atoms with E-state index in [2.05, 4.69) is 18.7 Å². The van der Waals surface area contributed by atoms with Gasteiger partial charge in [0.05, 0.1) is 6.61 Å². The van der Waals surface area contributed by atoms with Crippen LogP contribution < -0.4 is 0 Å². The van der Waals surface area contributed by atoms with Crippen molar-refractivity contribution in [3.63, 3.8) is 0 Å². The molecule has 1 aromatic carbocycles. The molecule has 68 valence electrons. The Labute approximate surface area is 86.4 Å². The van der Waals surface area contributed by atoms with Gasteiger partial charge in [-0.1, -0.05) is 0 Å². The highest BCUT2D eigenvalue weighted by Gasteiger charge is 2.06. The number of aliphatic hydroxyl groups excluding tert-OH is 1. The summed E-state index contributed by atoms with van der Waals surface area (Å²) in [4.78, 5) is 2.02. The van der Waals surface area contributed by atoms with Crippen LogP contribution in [0.3, 0.4) is 0 Å². The lowest BCUT2D eigenvalue weighted by molar-refractivity contribution is 0.285. The molecule has 1 heterocycles. The van der Waals surface area contributed by atoms with Crippen molar-refractivity contribution in [2.75, 3.05) is 0 Å². The third-order valence-corrected chi connectivity index (χ3v) is 3.70. The standard InChI is InChI=1S/C10H10OS2/c1-6-8-4-7(12)2-3-9(8)13-10(6)5-11/h2-4,11-12H,5H2,1H3. The lowest BCUT2D eigenvalue weighted by Gasteiger charge is -1.93. The number of aliphatic hydroxyl groups is 1. The molecular weight excluding hydrogens is 200 g/mol. The molecule has 1 nitrogen and oxygen atoms in total. The molecule has 0 saturated heterocycles. The average molecular weight is 210 g/mol. The fourth-order valence-corrected chi connectivity index (χ4v) is 2.67. The Bertz CT molecular complexity index is 445. The molecule has 1 N–H and O–H groups in total. The Balaban J connectivity index is 2.77. The van der Waals surface area contributed by atoms with Gasteiger partial charge >= 0.3 is 0 Å². The van der Waals surface area contributed by atoms with Gasteiger partial charge in [0.2, 0.25) is 0 Å². The third-order valence-electron chi connectivity index (χ3n) is 2.16. The average Bonchev–Trinajstić information content (AvgIpc) is 2.44. The van der Waals surface area contributed by atoms with Crippen molar-refractivity contribution in [3.8, 4) is 0 Å². The van der Waals surface area contributed by atoms with Gasteiger partial charge in [-0.2, -0.15) is 0 Å². The van der Waals surface area contributed by atoms with Gasteiger partial charge in [-0.3, -0.25) is 0 Å². The second-order valence-electron chi connectivity index (χ2n) is 2.99. The monoisotopic (exact) mass is 210 g/mol. The zero-order valence-electron chi connectivity index (χ0n) is 7.24. The number of thiol groups is 1. The molecule has 0 fully saturated rings. The predicted octanol–water partition coefficient (Wildman–Crippen LogP) is 2.99. The molecule has 0 spiro atoms. The number of hydrogen-bond donors (Lipinski definition) is 2. The molecule has 0 aliphatic heterocycles. The molecule has 0 aliphatic carbocycles. The van der Waals surface area contributed by atoms with Crippen molar-refractivity contribution in [3.05, 3.63) is 28.6 Å². The van der Waals surface area contributed by atoms with Crippen LogP contribution in [0.2, 0.25) is 0 Å². The minimum Gasteiger partial charge on any atom is -0.391 e. The lowest BCUT2D eigenvalue weighted by Crippen LogP contribution is -1.78. The van der Waals surface area contributed by atoms with E-state index in [-0.39, 0.29) is 6.61 Å². The highest BCUT2D eigenvalue weighted by Crippen LogP contribution is 2.31. The number of rotatable bonds is 1. The Morgan fingerprint density at radius 1 is 1.46 bits per heavy atom. The molecule has 3 heteroatoms. The summed E-state index contributed by atoms with van der Waals surface area (Å²) in [5, 5.41) is 10.3. The molecule has 0 radical (unpaired) electrons. The van der Waals surface area contributed by atoms with E-state index in [4.69, 9.17) is 5.11 Å². The first-order chi connectivity index (χ1) is 6.22. The van der Waals surface area contributed by atoms with E-state index in [1.807, 2.05) is 19.1 Å². The van der Waals surface area contributed by atoms with Crippen LogP contribution in [0.4, 0.5) is 0 Å². The van der Waals surface area contributed by atoms with Gasteiger partial charge in [-0.05, 0) is 36.1 Å². The van der Waals surface area contributed by atoms with E-state index in [0.717, 1.165) is 9.77 Å². The summed E-state index contributed by atoms with van der Waals surface area (Å²) in [7, 11) is 0. The van der Waals surface area contributed by atoms with Gasteiger partial charge < -0.3 is 5.11 Å². The van der Waals surface area contributed by atoms with E-state index in [1.54, 1.807) is 11.3 Å². The number of fused-ring (bicyclic) bond motifs is 1. The summed E-state index contributed by atoms with van der Waals surface area (Å²) in [6.45, 7) is 2.17. The molecule has 0 atom stereocenters. The minimum atomic E-state index is 0.132. The van der Waals surface area contributed by atoms with Gasteiger partial charge in [0.25, 0.3) is 0 Å². The smallest absolute Gasteiger partial charge is 0.0777 e. The third kappa shape index (κ3) is 1.47. The van der Waals surface area contributed by atoms with Crippen LogP contribution in [0.5, 0.6) is 0 Å². The van der Waals surface area contributed by atoms with Crippen LogP contribution in [-0.4, -0.2) is 5.11 Å². The maximum Gasteiger partial charge on any atom is 0.0777 e.